The van der Waals surface area contributed by atoms with Crippen molar-refractivity contribution in [3.63, 3.8) is 0 Å². The highest BCUT2D eigenvalue weighted by atomic mass is 16.3. The van der Waals surface area contributed by atoms with Crippen molar-refractivity contribution in [1.82, 2.24) is 10.3 Å². The zero-order valence-corrected chi connectivity index (χ0v) is 10.3. The van der Waals surface area contributed by atoms with E-state index in [1.165, 1.54) is 0 Å². The van der Waals surface area contributed by atoms with Gasteiger partial charge in [-0.15, -0.1) is 0 Å². The molecule has 0 aliphatic heterocycles. The standard InChI is InChI=1S/C12H21N3O/c1-10(6-7-16)13-8-11-4-5-12(14-9-11)15(2)3/h4-5,9-10,13,16H,6-8H2,1-3H3. The molecule has 0 fully saturated rings. The minimum Gasteiger partial charge on any atom is -0.396 e. The summed E-state index contributed by atoms with van der Waals surface area (Å²) in [5.41, 5.74) is 1.16. The Hall–Kier alpha value is -1.13. The lowest BCUT2D eigenvalue weighted by Gasteiger charge is -2.14. The van der Waals surface area contributed by atoms with Gasteiger partial charge in [0.1, 0.15) is 5.82 Å². The molecule has 0 amide bonds. The number of rotatable bonds is 6. The van der Waals surface area contributed by atoms with E-state index >= 15 is 0 Å². The van der Waals surface area contributed by atoms with Crippen molar-refractivity contribution < 1.29 is 5.11 Å². The van der Waals surface area contributed by atoms with Crippen LogP contribution in [0.5, 0.6) is 0 Å². The van der Waals surface area contributed by atoms with E-state index in [0.29, 0.717) is 6.04 Å². The van der Waals surface area contributed by atoms with Crippen LogP contribution in [0.25, 0.3) is 0 Å². The molecule has 0 aliphatic carbocycles. The molecule has 16 heavy (non-hydrogen) atoms. The SMILES string of the molecule is CC(CCO)NCc1ccc(N(C)C)nc1. The molecule has 1 heterocycles. The van der Waals surface area contributed by atoms with Gasteiger partial charge in [-0.2, -0.15) is 0 Å². The third kappa shape index (κ3) is 4.16. The van der Waals surface area contributed by atoms with Gasteiger partial charge in [-0.3, -0.25) is 0 Å². The van der Waals surface area contributed by atoms with Crippen molar-refractivity contribution in [2.45, 2.75) is 25.9 Å². The molecular formula is C12H21N3O. The Morgan fingerprint density at radius 2 is 2.19 bits per heavy atom. The van der Waals surface area contributed by atoms with Crippen molar-refractivity contribution in [1.29, 1.82) is 0 Å². The number of nitrogens with zero attached hydrogens (tertiary/aromatic N) is 2. The number of anilines is 1. The second-order valence-corrected chi connectivity index (χ2v) is 4.21. The van der Waals surface area contributed by atoms with Crippen molar-refractivity contribution >= 4 is 5.82 Å². The van der Waals surface area contributed by atoms with Gasteiger partial charge in [0, 0.05) is 39.5 Å². The molecule has 4 heteroatoms. The third-order valence-electron chi connectivity index (χ3n) is 2.48. The number of hydrogen-bond donors (Lipinski definition) is 2. The van der Waals surface area contributed by atoms with Crippen molar-refractivity contribution in [3.05, 3.63) is 23.9 Å². The fraction of sp³-hybridized carbons (Fsp3) is 0.583. The van der Waals surface area contributed by atoms with E-state index in [1.807, 2.05) is 31.3 Å². The molecule has 4 nitrogen and oxygen atoms in total. The molecule has 1 aromatic heterocycles. The summed E-state index contributed by atoms with van der Waals surface area (Å²) in [5, 5.41) is 12.1. The molecule has 1 atom stereocenters. The molecule has 0 radical (unpaired) electrons. The number of aliphatic hydroxyl groups is 1. The van der Waals surface area contributed by atoms with Crippen LogP contribution in [0.1, 0.15) is 18.9 Å². The molecule has 0 saturated heterocycles. The topological polar surface area (TPSA) is 48.4 Å². The maximum Gasteiger partial charge on any atom is 0.127 e. The Morgan fingerprint density at radius 1 is 1.44 bits per heavy atom. The van der Waals surface area contributed by atoms with Gasteiger partial charge < -0.3 is 15.3 Å². The third-order valence-corrected chi connectivity index (χ3v) is 2.48. The Bertz CT molecular complexity index is 298. The van der Waals surface area contributed by atoms with Crippen molar-refractivity contribution in [2.24, 2.45) is 0 Å². The van der Waals surface area contributed by atoms with E-state index in [2.05, 4.69) is 23.3 Å². The molecule has 90 valence electrons. The summed E-state index contributed by atoms with van der Waals surface area (Å²) in [6.45, 7) is 3.09. The fourth-order valence-electron chi connectivity index (χ4n) is 1.37. The number of aromatic nitrogens is 1. The van der Waals surface area contributed by atoms with E-state index in [1.54, 1.807) is 0 Å². The predicted molar refractivity (Wildman–Crippen MR) is 66.6 cm³/mol. The fourth-order valence-corrected chi connectivity index (χ4v) is 1.37. The van der Waals surface area contributed by atoms with Crippen LogP contribution in [0.3, 0.4) is 0 Å². The van der Waals surface area contributed by atoms with E-state index in [-0.39, 0.29) is 6.61 Å². The lowest BCUT2D eigenvalue weighted by Crippen LogP contribution is -2.26. The second-order valence-electron chi connectivity index (χ2n) is 4.21. The molecule has 2 N–H and O–H groups in total. The van der Waals surface area contributed by atoms with E-state index in [9.17, 15) is 0 Å². The quantitative estimate of drug-likeness (QED) is 0.755. The highest BCUT2D eigenvalue weighted by Gasteiger charge is 2.01. The highest BCUT2D eigenvalue weighted by Crippen LogP contribution is 2.07. The molecular weight excluding hydrogens is 202 g/mol. The van der Waals surface area contributed by atoms with E-state index in [4.69, 9.17) is 5.11 Å². The second kappa shape index (κ2) is 6.45. The predicted octanol–water partition coefficient (Wildman–Crippen LogP) is 1.01. The number of pyridine rings is 1. The molecule has 0 spiro atoms. The smallest absolute Gasteiger partial charge is 0.127 e. The first-order valence-corrected chi connectivity index (χ1v) is 5.60. The van der Waals surface area contributed by atoms with Crippen LogP contribution >= 0.6 is 0 Å². The first kappa shape index (κ1) is 12.9. The van der Waals surface area contributed by atoms with Gasteiger partial charge in [-0.05, 0) is 25.0 Å². The number of aliphatic hydroxyl groups excluding tert-OH is 1. The Kier molecular flexibility index (Phi) is 5.22. The number of hydrogen-bond acceptors (Lipinski definition) is 4. The molecule has 1 rings (SSSR count). The zero-order valence-electron chi connectivity index (χ0n) is 10.3. The minimum atomic E-state index is 0.228. The average Bonchev–Trinajstić information content (AvgIpc) is 2.27. The average molecular weight is 223 g/mol. The number of nitrogens with one attached hydrogen (secondary N) is 1. The maximum atomic E-state index is 8.77. The first-order valence-electron chi connectivity index (χ1n) is 5.60. The van der Waals surface area contributed by atoms with E-state index < -0.39 is 0 Å². The lowest BCUT2D eigenvalue weighted by molar-refractivity contribution is 0.268. The largest absolute Gasteiger partial charge is 0.396 e. The Balaban J connectivity index is 2.43. The van der Waals surface area contributed by atoms with Crippen LogP contribution in [0.2, 0.25) is 0 Å². The summed E-state index contributed by atoms with van der Waals surface area (Å²) in [4.78, 5) is 6.32. The van der Waals surface area contributed by atoms with Crippen LogP contribution < -0.4 is 10.2 Å². The van der Waals surface area contributed by atoms with Crippen LogP contribution in [0.15, 0.2) is 18.3 Å². The van der Waals surface area contributed by atoms with Crippen molar-refractivity contribution in [3.8, 4) is 0 Å². The molecule has 0 aromatic carbocycles. The molecule has 0 aliphatic rings. The molecule has 1 unspecified atom stereocenters. The van der Waals surface area contributed by atoms with Crippen molar-refractivity contribution in [2.75, 3.05) is 25.6 Å². The molecule has 0 saturated carbocycles. The van der Waals surface area contributed by atoms with Gasteiger partial charge in [-0.25, -0.2) is 4.98 Å². The summed E-state index contributed by atoms with van der Waals surface area (Å²) in [7, 11) is 3.95. The summed E-state index contributed by atoms with van der Waals surface area (Å²) >= 11 is 0. The maximum absolute atomic E-state index is 8.77. The normalized spacial score (nSPS) is 12.5. The Labute approximate surface area is 97.3 Å². The summed E-state index contributed by atoms with van der Waals surface area (Å²) in [5.74, 6) is 0.965. The molecule has 1 aromatic rings. The van der Waals surface area contributed by atoms with Gasteiger partial charge >= 0.3 is 0 Å². The zero-order chi connectivity index (χ0) is 12.0. The van der Waals surface area contributed by atoms with Gasteiger partial charge in [0.05, 0.1) is 0 Å². The van der Waals surface area contributed by atoms with Crippen LogP contribution in [0.4, 0.5) is 5.82 Å². The summed E-state index contributed by atoms with van der Waals surface area (Å²) in [6, 6.07) is 4.41. The first-order chi connectivity index (χ1) is 7.63. The van der Waals surface area contributed by atoms with Gasteiger partial charge in [0.2, 0.25) is 0 Å². The minimum absolute atomic E-state index is 0.228. The van der Waals surface area contributed by atoms with E-state index in [0.717, 1.165) is 24.3 Å². The summed E-state index contributed by atoms with van der Waals surface area (Å²) in [6.07, 6.45) is 2.66. The van der Waals surface area contributed by atoms with Gasteiger partial charge in [0.25, 0.3) is 0 Å². The monoisotopic (exact) mass is 223 g/mol. The molecule has 0 bridgehead atoms. The van der Waals surface area contributed by atoms with Crippen LogP contribution in [-0.4, -0.2) is 36.8 Å². The highest BCUT2D eigenvalue weighted by molar-refractivity contribution is 5.37. The van der Waals surface area contributed by atoms with Crippen LogP contribution in [0, 0.1) is 0 Å². The summed E-state index contributed by atoms with van der Waals surface area (Å²) < 4.78 is 0. The van der Waals surface area contributed by atoms with Gasteiger partial charge in [-0.1, -0.05) is 6.07 Å². The Morgan fingerprint density at radius 3 is 2.69 bits per heavy atom. The lowest BCUT2D eigenvalue weighted by atomic mass is 10.2. The van der Waals surface area contributed by atoms with Gasteiger partial charge in [0.15, 0.2) is 0 Å². The van der Waals surface area contributed by atoms with Crippen LogP contribution in [-0.2, 0) is 6.54 Å².